The summed E-state index contributed by atoms with van der Waals surface area (Å²) in [5.41, 5.74) is 5.87. The molecule has 1 fully saturated rings. The minimum atomic E-state index is 0.456. The molecule has 2 aliphatic rings. The molecule has 13 heavy (non-hydrogen) atoms. The van der Waals surface area contributed by atoms with E-state index in [2.05, 4.69) is 9.89 Å². The molecule has 2 N–H and O–H groups in total. The molecule has 0 aromatic heterocycles. The zero-order valence-corrected chi connectivity index (χ0v) is 8.15. The highest BCUT2D eigenvalue weighted by atomic mass is 15.2. The van der Waals surface area contributed by atoms with Gasteiger partial charge in [0.05, 0.1) is 6.34 Å². The molecule has 0 aromatic rings. The van der Waals surface area contributed by atoms with Crippen LogP contribution in [0.4, 0.5) is 0 Å². The zero-order valence-electron chi connectivity index (χ0n) is 8.15. The molecule has 1 heterocycles. The summed E-state index contributed by atoms with van der Waals surface area (Å²) in [5.74, 6) is 0. The Morgan fingerprint density at radius 2 is 2.00 bits per heavy atom. The van der Waals surface area contributed by atoms with Gasteiger partial charge in [-0.25, -0.2) is 0 Å². The van der Waals surface area contributed by atoms with Gasteiger partial charge in [0.25, 0.3) is 0 Å². The van der Waals surface area contributed by atoms with Crippen LogP contribution < -0.4 is 5.73 Å². The van der Waals surface area contributed by atoms with Crippen molar-refractivity contribution in [1.29, 1.82) is 0 Å². The maximum absolute atomic E-state index is 5.87. The van der Waals surface area contributed by atoms with Crippen LogP contribution in [0.3, 0.4) is 0 Å². The first-order chi connectivity index (χ1) is 6.36. The lowest BCUT2D eigenvalue weighted by Crippen LogP contribution is -2.42. The second-order valence-electron chi connectivity index (χ2n) is 4.18. The first-order valence-corrected chi connectivity index (χ1v) is 5.37. The summed E-state index contributed by atoms with van der Waals surface area (Å²) in [4.78, 5) is 6.73. The summed E-state index contributed by atoms with van der Waals surface area (Å²) in [6.07, 6.45) is 8.16. The maximum Gasteiger partial charge on any atom is 0.0852 e. The number of aliphatic imine (C=N–C) groups is 1. The molecule has 0 atom stereocenters. The minimum absolute atomic E-state index is 0.456. The molecule has 2 rings (SSSR count). The first-order valence-electron chi connectivity index (χ1n) is 5.37. The van der Waals surface area contributed by atoms with Gasteiger partial charge in [-0.1, -0.05) is 0 Å². The Morgan fingerprint density at radius 3 is 2.62 bits per heavy atom. The molecule has 0 amide bonds. The van der Waals surface area contributed by atoms with Gasteiger partial charge < -0.3 is 10.6 Å². The summed E-state index contributed by atoms with van der Waals surface area (Å²) in [6, 6.07) is 1.18. The predicted molar refractivity (Wildman–Crippen MR) is 54.9 cm³/mol. The van der Waals surface area contributed by atoms with Crippen LogP contribution in [0, 0.1) is 0 Å². The van der Waals surface area contributed by atoms with Crippen molar-refractivity contribution in [3.05, 3.63) is 0 Å². The summed E-state index contributed by atoms with van der Waals surface area (Å²) in [6.45, 7) is 2.21. The molecule has 3 heteroatoms. The van der Waals surface area contributed by atoms with Crippen LogP contribution >= 0.6 is 0 Å². The van der Waals surface area contributed by atoms with Gasteiger partial charge in [-0.2, -0.15) is 0 Å². The molecule has 1 aliphatic carbocycles. The van der Waals surface area contributed by atoms with Crippen LogP contribution in [0.15, 0.2) is 4.99 Å². The van der Waals surface area contributed by atoms with Crippen molar-refractivity contribution in [1.82, 2.24) is 4.90 Å². The molecule has 0 radical (unpaired) electrons. The smallest absolute Gasteiger partial charge is 0.0852 e. The van der Waals surface area contributed by atoms with Crippen molar-refractivity contribution in [2.75, 3.05) is 13.1 Å². The van der Waals surface area contributed by atoms with Crippen molar-refractivity contribution >= 4 is 6.34 Å². The fourth-order valence-electron chi connectivity index (χ4n) is 2.28. The van der Waals surface area contributed by atoms with Crippen LogP contribution in [0.2, 0.25) is 0 Å². The molecule has 0 unspecified atom stereocenters. The van der Waals surface area contributed by atoms with E-state index in [9.17, 15) is 0 Å². The molecule has 0 bridgehead atoms. The van der Waals surface area contributed by atoms with E-state index in [1.54, 1.807) is 0 Å². The van der Waals surface area contributed by atoms with Crippen molar-refractivity contribution < 1.29 is 0 Å². The summed E-state index contributed by atoms with van der Waals surface area (Å²) >= 11 is 0. The lowest BCUT2D eigenvalue weighted by Gasteiger charge is -2.36. The summed E-state index contributed by atoms with van der Waals surface area (Å²) in [7, 11) is 0. The van der Waals surface area contributed by atoms with Crippen LogP contribution in [-0.4, -0.2) is 36.4 Å². The fourth-order valence-corrected chi connectivity index (χ4v) is 2.28. The average molecular weight is 181 g/mol. The highest BCUT2D eigenvalue weighted by Gasteiger charge is 2.23. The maximum atomic E-state index is 5.87. The molecule has 1 saturated carbocycles. The lowest BCUT2D eigenvalue weighted by molar-refractivity contribution is 0.229. The number of nitrogens with two attached hydrogens (primary N) is 1. The highest BCUT2D eigenvalue weighted by molar-refractivity contribution is 5.56. The Balaban J connectivity index is 1.86. The normalized spacial score (nSPS) is 35.0. The topological polar surface area (TPSA) is 41.6 Å². The number of rotatable bonds is 1. The molecule has 74 valence electrons. The van der Waals surface area contributed by atoms with E-state index in [-0.39, 0.29) is 0 Å². The quantitative estimate of drug-likeness (QED) is 0.655. The van der Waals surface area contributed by atoms with Crippen molar-refractivity contribution in [2.45, 2.75) is 44.2 Å². The average Bonchev–Trinajstić information content (AvgIpc) is 2.20. The SMILES string of the molecule is NC1CCC(N2C=NCCC2)CC1. The summed E-state index contributed by atoms with van der Waals surface area (Å²) in [5, 5.41) is 0. The zero-order chi connectivity index (χ0) is 9.10. The molecule has 3 nitrogen and oxygen atoms in total. The van der Waals surface area contributed by atoms with Gasteiger partial charge in [-0.05, 0) is 32.1 Å². The van der Waals surface area contributed by atoms with Crippen LogP contribution in [0.1, 0.15) is 32.1 Å². The van der Waals surface area contributed by atoms with Gasteiger partial charge in [0.15, 0.2) is 0 Å². The van der Waals surface area contributed by atoms with Gasteiger partial charge >= 0.3 is 0 Å². The van der Waals surface area contributed by atoms with E-state index >= 15 is 0 Å². The first kappa shape index (κ1) is 9.00. The number of hydrogen-bond donors (Lipinski definition) is 1. The molecule has 0 aromatic carbocycles. The number of hydrogen-bond acceptors (Lipinski definition) is 3. The fraction of sp³-hybridized carbons (Fsp3) is 0.900. The molecular formula is C10H19N3. The van der Waals surface area contributed by atoms with Gasteiger partial charge in [0.2, 0.25) is 0 Å². The van der Waals surface area contributed by atoms with E-state index < -0.39 is 0 Å². The Kier molecular flexibility index (Phi) is 2.83. The molecule has 1 aliphatic heterocycles. The second-order valence-corrected chi connectivity index (χ2v) is 4.18. The van der Waals surface area contributed by atoms with Gasteiger partial charge in [0.1, 0.15) is 0 Å². The van der Waals surface area contributed by atoms with E-state index in [0.717, 1.165) is 12.6 Å². The minimum Gasteiger partial charge on any atom is -0.360 e. The van der Waals surface area contributed by atoms with Crippen molar-refractivity contribution in [3.8, 4) is 0 Å². The van der Waals surface area contributed by atoms with E-state index in [1.807, 2.05) is 6.34 Å². The van der Waals surface area contributed by atoms with Crippen molar-refractivity contribution in [2.24, 2.45) is 10.7 Å². The Hall–Kier alpha value is -0.570. The van der Waals surface area contributed by atoms with E-state index in [4.69, 9.17) is 5.73 Å². The van der Waals surface area contributed by atoms with E-state index in [0.29, 0.717) is 6.04 Å². The predicted octanol–water partition coefficient (Wildman–Crippen LogP) is 0.990. The third-order valence-corrected chi connectivity index (χ3v) is 3.14. The third-order valence-electron chi connectivity index (χ3n) is 3.14. The van der Waals surface area contributed by atoms with Gasteiger partial charge in [-0.15, -0.1) is 0 Å². The largest absolute Gasteiger partial charge is 0.360 e. The van der Waals surface area contributed by atoms with Gasteiger partial charge in [-0.3, -0.25) is 4.99 Å². The van der Waals surface area contributed by atoms with E-state index in [1.165, 1.54) is 38.6 Å². The Morgan fingerprint density at radius 1 is 1.23 bits per heavy atom. The molecule has 0 spiro atoms. The van der Waals surface area contributed by atoms with Crippen LogP contribution in [0.5, 0.6) is 0 Å². The monoisotopic (exact) mass is 181 g/mol. The lowest BCUT2D eigenvalue weighted by atomic mass is 9.91. The summed E-state index contributed by atoms with van der Waals surface area (Å²) < 4.78 is 0. The number of nitrogens with zero attached hydrogens (tertiary/aromatic N) is 2. The Labute approximate surface area is 80.0 Å². The highest BCUT2D eigenvalue weighted by Crippen LogP contribution is 2.22. The van der Waals surface area contributed by atoms with Crippen LogP contribution in [-0.2, 0) is 0 Å². The van der Waals surface area contributed by atoms with Crippen LogP contribution in [0.25, 0.3) is 0 Å². The Bertz CT molecular complexity index is 183. The second kappa shape index (κ2) is 4.09. The standard InChI is InChI=1S/C10H19N3/c11-9-2-4-10(5-3-9)13-7-1-6-12-8-13/h8-10H,1-7,11H2. The van der Waals surface area contributed by atoms with Crippen molar-refractivity contribution in [3.63, 3.8) is 0 Å². The molecule has 0 saturated heterocycles. The van der Waals surface area contributed by atoms with Gasteiger partial charge in [0, 0.05) is 25.2 Å². The molecular weight excluding hydrogens is 162 g/mol. The third kappa shape index (κ3) is 2.21.